The summed E-state index contributed by atoms with van der Waals surface area (Å²) >= 11 is 0. The summed E-state index contributed by atoms with van der Waals surface area (Å²) < 4.78 is 5.33. The molecule has 1 aromatic carbocycles. The van der Waals surface area contributed by atoms with Crippen LogP contribution in [0.25, 0.3) is 0 Å². The fourth-order valence-electron chi connectivity index (χ4n) is 4.21. The van der Waals surface area contributed by atoms with Crippen molar-refractivity contribution in [2.45, 2.75) is 31.7 Å². The number of urea groups is 1. The highest BCUT2D eigenvalue weighted by atomic mass is 16.5. The molecule has 3 heterocycles. The van der Waals surface area contributed by atoms with E-state index < -0.39 is 6.03 Å². The van der Waals surface area contributed by atoms with Gasteiger partial charge >= 0.3 is 6.03 Å². The van der Waals surface area contributed by atoms with E-state index in [1.54, 1.807) is 12.3 Å². The molecule has 2 aliphatic heterocycles. The number of aliphatic imine (C=N–C) groups is 1. The molecule has 32 heavy (non-hydrogen) atoms. The summed E-state index contributed by atoms with van der Waals surface area (Å²) in [6, 6.07) is 12.9. The summed E-state index contributed by atoms with van der Waals surface area (Å²) in [5.74, 6) is -0.284. The van der Waals surface area contributed by atoms with Crippen LogP contribution in [-0.2, 0) is 4.74 Å². The molecule has 3 amide bonds. The van der Waals surface area contributed by atoms with E-state index in [1.807, 2.05) is 43.3 Å². The number of primary amides is 1. The molecule has 8 nitrogen and oxygen atoms in total. The second-order valence-corrected chi connectivity index (χ2v) is 7.97. The number of benzene rings is 1. The van der Waals surface area contributed by atoms with E-state index in [2.05, 4.69) is 15.6 Å². The molecule has 4 rings (SSSR count). The standard InChI is InChI=1S/C24H27N5O3/c1-15-21(17-7-10-26-20(13-17)23(30)28-18-9-12-32-14-18)27-11-8-19(22(15)29-24(25)31)16-5-3-2-4-6-16/h2-7,10,13,18-19H,8-9,11-12,14H2,1H3,(H,28,30)(H3,25,29,31)/t18-,19?/m0/s1. The minimum Gasteiger partial charge on any atom is -0.379 e. The van der Waals surface area contributed by atoms with Gasteiger partial charge in [-0.2, -0.15) is 0 Å². The number of aromatic nitrogens is 1. The van der Waals surface area contributed by atoms with E-state index in [4.69, 9.17) is 15.5 Å². The van der Waals surface area contributed by atoms with Crippen LogP contribution in [0.2, 0.25) is 0 Å². The quantitative estimate of drug-likeness (QED) is 0.671. The first-order valence-electron chi connectivity index (χ1n) is 10.7. The molecule has 2 aliphatic rings. The lowest BCUT2D eigenvalue weighted by Crippen LogP contribution is -2.35. The molecular weight excluding hydrogens is 406 g/mol. The summed E-state index contributed by atoms with van der Waals surface area (Å²) in [4.78, 5) is 33.5. The van der Waals surface area contributed by atoms with Crippen molar-refractivity contribution >= 4 is 17.6 Å². The van der Waals surface area contributed by atoms with Crippen LogP contribution >= 0.6 is 0 Å². The number of hydrogen-bond donors (Lipinski definition) is 3. The Kier molecular flexibility index (Phi) is 6.61. The first-order chi connectivity index (χ1) is 15.5. The van der Waals surface area contributed by atoms with Crippen molar-refractivity contribution in [1.29, 1.82) is 0 Å². The largest absolute Gasteiger partial charge is 0.379 e. The predicted octanol–water partition coefficient (Wildman–Crippen LogP) is 2.52. The monoisotopic (exact) mass is 433 g/mol. The van der Waals surface area contributed by atoms with E-state index in [0.29, 0.717) is 31.2 Å². The minimum absolute atomic E-state index is 0.00260. The Morgan fingerprint density at radius 1 is 1.16 bits per heavy atom. The highest BCUT2D eigenvalue weighted by Crippen LogP contribution is 2.32. The fraction of sp³-hybridized carbons (Fsp3) is 0.333. The van der Waals surface area contributed by atoms with Crippen LogP contribution in [0.1, 0.15) is 47.3 Å². The number of ether oxygens (including phenoxy) is 1. The lowest BCUT2D eigenvalue weighted by molar-refractivity contribution is 0.0925. The van der Waals surface area contributed by atoms with Crippen LogP contribution in [0.3, 0.4) is 0 Å². The van der Waals surface area contributed by atoms with Crippen molar-refractivity contribution in [3.63, 3.8) is 0 Å². The molecule has 0 aliphatic carbocycles. The van der Waals surface area contributed by atoms with Crippen molar-refractivity contribution in [3.8, 4) is 0 Å². The van der Waals surface area contributed by atoms with Gasteiger partial charge in [-0.1, -0.05) is 30.3 Å². The van der Waals surface area contributed by atoms with Gasteiger partial charge in [0.2, 0.25) is 0 Å². The van der Waals surface area contributed by atoms with Crippen molar-refractivity contribution in [1.82, 2.24) is 15.6 Å². The Hall–Kier alpha value is -3.52. The van der Waals surface area contributed by atoms with Gasteiger partial charge in [-0.05, 0) is 43.0 Å². The van der Waals surface area contributed by atoms with Gasteiger partial charge in [0.15, 0.2) is 0 Å². The maximum absolute atomic E-state index is 12.7. The highest BCUT2D eigenvalue weighted by molar-refractivity contribution is 6.14. The van der Waals surface area contributed by atoms with E-state index in [-0.39, 0.29) is 17.9 Å². The van der Waals surface area contributed by atoms with Gasteiger partial charge in [0, 0.05) is 36.5 Å². The lowest BCUT2D eigenvalue weighted by atomic mass is 9.89. The Morgan fingerprint density at radius 3 is 2.69 bits per heavy atom. The molecule has 1 saturated heterocycles. The highest BCUT2D eigenvalue weighted by Gasteiger charge is 2.26. The molecule has 0 spiro atoms. The second-order valence-electron chi connectivity index (χ2n) is 7.97. The number of nitrogens with one attached hydrogen (secondary N) is 2. The van der Waals surface area contributed by atoms with Crippen LogP contribution in [0.15, 0.2) is 64.9 Å². The summed E-state index contributed by atoms with van der Waals surface area (Å²) in [6.07, 6.45) is 3.12. The summed E-state index contributed by atoms with van der Waals surface area (Å²) in [5, 5.41) is 5.79. The van der Waals surface area contributed by atoms with Gasteiger partial charge in [-0.25, -0.2) is 4.79 Å². The molecule has 1 unspecified atom stereocenters. The second kappa shape index (κ2) is 9.74. The first-order valence-corrected chi connectivity index (χ1v) is 10.7. The molecule has 2 atom stereocenters. The average molecular weight is 434 g/mol. The van der Waals surface area contributed by atoms with Crippen molar-refractivity contribution in [3.05, 3.63) is 76.8 Å². The summed E-state index contributed by atoms with van der Waals surface area (Å²) in [7, 11) is 0. The number of nitrogens with two attached hydrogens (primary N) is 1. The fourth-order valence-corrected chi connectivity index (χ4v) is 4.21. The zero-order valence-corrected chi connectivity index (χ0v) is 18.0. The maximum atomic E-state index is 12.7. The molecule has 4 N–H and O–H groups in total. The summed E-state index contributed by atoms with van der Waals surface area (Å²) in [5.41, 5.74) is 9.93. The molecule has 0 bridgehead atoms. The molecular formula is C24H27N5O3. The molecule has 166 valence electrons. The molecule has 8 heteroatoms. The Balaban J connectivity index is 1.67. The van der Waals surface area contributed by atoms with E-state index in [0.717, 1.165) is 35.2 Å². The van der Waals surface area contributed by atoms with Crippen LogP contribution in [0.5, 0.6) is 0 Å². The predicted molar refractivity (Wildman–Crippen MR) is 122 cm³/mol. The number of carbonyl (C=O) groups is 2. The normalized spacial score (nSPS) is 21.0. The Morgan fingerprint density at radius 2 is 1.97 bits per heavy atom. The molecule has 2 aromatic rings. The summed E-state index contributed by atoms with van der Waals surface area (Å²) in [6.45, 7) is 3.65. The van der Waals surface area contributed by atoms with Gasteiger partial charge in [-0.3, -0.25) is 14.8 Å². The Bertz CT molecular complexity index is 1060. The van der Waals surface area contributed by atoms with Crippen LogP contribution < -0.4 is 16.4 Å². The van der Waals surface area contributed by atoms with Crippen LogP contribution in [-0.4, -0.2) is 48.4 Å². The van der Waals surface area contributed by atoms with E-state index in [1.165, 1.54) is 0 Å². The van der Waals surface area contributed by atoms with Crippen molar-refractivity contribution in [2.75, 3.05) is 19.8 Å². The van der Waals surface area contributed by atoms with E-state index in [9.17, 15) is 9.59 Å². The average Bonchev–Trinajstić information content (AvgIpc) is 3.25. The van der Waals surface area contributed by atoms with Gasteiger partial charge in [-0.15, -0.1) is 0 Å². The van der Waals surface area contributed by atoms with Gasteiger partial charge in [0.25, 0.3) is 5.91 Å². The number of hydrogen-bond acceptors (Lipinski definition) is 5. The van der Waals surface area contributed by atoms with Crippen molar-refractivity contribution < 1.29 is 14.3 Å². The third-order valence-corrected chi connectivity index (χ3v) is 5.79. The number of pyridine rings is 1. The third-order valence-electron chi connectivity index (χ3n) is 5.79. The van der Waals surface area contributed by atoms with Gasteiger partial charge in [0.05, 0.1) is 18.4 Å². The maximum Gasteiger partial charge on any atom is 0.316 e. The van der Waals surface area contributed by atoms with Crippen molar-refractivity contribution in [2.24, 2.45) is 10.7 Å². The SMILES string of the molecule is CC1=C(NC(N)=O)C(c2ccccc2)CCN=C1c1ccnc(C(=O)N[C@H]2CCOC2)c1. The minimum atomic E-state index is -0.616. The van der Waals surface area contributed by atoms with Gasteiger partial charge < -0.3 is 21.1 Å². The van der Waals surface area contributed by atoms with Crippen LogP contribution in [0.4, 0.5) is 4.79 Å². The number of amides is 3. The molecule has 1 aromatic heterocycles. The lowest BCUT2D eigenvalue weighted by Gasteiger charge is -2.21. The zero-order chi connectivity index (χ0) is 22.5. The number of allylic oxidation sites excluding steroid dienone is 2. The zero-order valence-electron chi connectivity index (χ0n) is 18.0. The topological polar surface area (TPSA) is 119 Å². The number of carbonyl (C=O) groups excluding carboxylic acids is 2. The van der Waals surface area contributed by atoms with Gasteiger partial charge in [0.1, 0.15) is 5.69 Å². The third kappa shape index (κ3) is 4.86. The smallest absolute Gasteiger partial charge is 0.316 e. The molecule has 0 saturated carbocycles. The molecule has 1 fully saturated rings. The Labute approximate surface area is 187 Å². The van der Waals surface area contributed by atoms with Crippen LogP contribution in [0, 0.1) is 0 Å². The van der Waals surface area contributed by atoms with E-state index >= 15 is 0 Å². The number of rotatable bonds is 5. The molecule has 0 radical (unpaired) electrons. The number of nitrogens with zero attached hydrogens (tertiary/aromatic N) is 2. The first kappa shape index (κ1) is 21.7.